The van der Waals surface area contributed by atoms with Gasteiger partial charge in [0.25, 0.3) is 5.91 Å². The van der Waals surface area contributed by atoms with Crippen molar-refractivity contribution in [1.82, 2.24) is 10.3 Å². The molecular formula is C14H20N2O2. The van der Waals surface area contributed by atoms with Crippen molar-refractivity contribution >= 4 is 5.91 Å². The number of amides is 1. The van der Waals surface area contributed by atoms with Gasteiger partial charge in [-0.25, -0.2) is 0 Å². The van der Waals surface area contributed by atoms with E-state index in [-0.39, 0.29) is 5.91 Å². The summed E-state index contributed by atoms with van der Waals surface area (Å²) in [6.07, 6.45) is 7.57. The van der Waals surface area contributed by atoms with Gasteiger partial charge in [-0.05, 0) is 25.0 Å². The second-order valence-electron chi connectivity index (χ2n) is 5.04. The number of hydrogen-bond donors (Lipinski definition) is 2. The van der Waals surface area contributed by atoms with Crippen molar-refractivity contribution in [1.29, 1.82) is 0 Å². The summed E-state index contributed by atoms with van der Waals surface area (Å²) in [7, 11) is 0. The SMILES string of the molecule is O=C(NCC1(O)CCCCCC1)c1ccccn1. The monoisotopic (exact) mass is 248 g/mol. The van der Waals surface area contributed by atoms with Crippen LogP contribution in [0.4, 0.5) is 0 Å². The lowest BCUT2D eigenvalue weighted by atomic mass is 9.94. The molecule has 0 saturated heterocycles. The Morgan fingerprint density at radius 2 is 2.00 bits per heavy atom. The molecule has 2 rings (SSSR count). The molecule has 4 heteroatoms. The van der Waals surface area contributed by atoms with Gasteiger partial charge in [0.2, 0.25) is 0 Å². The van der Waals surface area contributed by atoms with E-state index in [1.807, 2.05) is 0 Å². The van der Waals surface area contributed by atoms with Gasteiger partial charge >= 0.3 is 0 Å². The predicted octanol–water partition coefficient (Wildman–Crippen LogP) is 1.90. The van der Waals surface area contributed by atoms with Crippen LogP contribution in [0.25, 0.3) is 0 Å². The van der Waals surface area contributed by atoms with Crippen molar-refractivity contribution in [2.24, 2.45) is 0 Å². The summed E-state index contributed by atoms with van der Waals surface area (Å²) in [5.74, 6) is -0.215. The Balaban J connectivity index is 1.88. The Hall–Kier alpha value is -1.42. The molecular weight excluding hydrogens is 228 g/mol. The number of aromatic nitrogens is 1. The van der Waals surface area contributed by atoms with Gasteiger partial charge in [0, 0.05) is 12.7 Å². The molecule has 0 radical (unpaired) electrons. The largest absolute Gasteiger partial charge is 0.388 e. The smallest absolute Gasteiger partial charge is 0.269 e. The second kappa shape index (κ2) is 5.96. The molecule has 1 aromatic heterocycles. The lowest BCUT2D eigenvalue weighted by Gasteiger charge is -2.26. The molecule has 0 bridgehead atoms. The first kappa shape index (κ1) is 13.0. The molecule has 1 heterocycles. The molecule has 1 aliphatic carbocycles. The van der Waals surface area contributed by atoms with Crippen molar-refractivity contribution in [2.45, 2.75) is 44.1 Å². The normalized spacial score (nSPS) is 18.9. The van der Waals surface area contributed by atoms with Crippen molar-refractivity contribution in [2.75, 3.05) is 6.54 Å². The van der Waals surface area contributed by atoms with Crippen LogP contribution in [-0.4, -0.2) is 28.1 Å². The van der Waals surface area contributed by atoms with Gasteiger partial charge in [0.1, 0.15) is 5.69 Å². The fourth-order valence-electron chi connectivity index (χ4n) is 2.40. The highest BCUT2D eigenvalue weighted by Crippen LogP contribution is 2.26. The summed E-state index contributed by atoms with van der Waals surface area (Å²) in [5, 5.41) is 13.2. The van der Waals surface area contributed by atoms with E-state index in [1.54, 1.807) is 24.4 Å². The minimum Gasteiger partial charge on any atom is -0.388 e. The van der Waals surface area contributed by atoms with Crippen molar-refractivity contribution < 1.29 is 9.90 Å². The average Bonchev–Trinajstić information content (AvgIpc) is 2.62. The summed E-state index contributed by atoms with van der Waals surface area (Å²) in [6.45, 7) is 0.322. The van der Waals surface area contributed by atoms with E-state index in [9.17, 15) is 9.90 Å². The first-order valence-corrected chi connectivity index (χ1v) is 6.61. The van der Waals surface area contributed by atoms with Crippen LogP contribution in [0.2, 0.25) is 0 Å². The summed E-state index contributed by atoms with van der Waals surface area (Å²) in [5.41, 5.74) is -0.337. The van der Waals surface area contributed by atoms with Crippen LogP contribution >= 0.6 is 0 Å². The molecule has 1 saturated carbocycles. The van der Waals surface area contributed by atoms with E-state index in [1.165, 1.54) is 12.8 Å². The van der Waals surface area contributed by atoms with Crippen molar-refractivity contribution in [3.8, 4) is 0 Å². The highest BCUT2D eigenvalue weighted by atomic mass is 16.3. The molecule has 0 spiro atoms. The van der Waals surface area contributed by atoms with Crippen LogP contribution in [-0.2, 0) is 0 Å². The molecule has 1 amide bonds. The minimum absolute atomic E-state index is 0.215. The zero-order valence-electron chi connectivity index (χ0n) is 10.6. The number of aliphatic hydroxyl groups is 1. The molecule has 2 N–H and O–H groups in total. The maximum atomic E-state index is 11.8. The highest BCUT2D eigenvalue weighted by molar-refractivity contribution is 5.92. The van der Waals surface area contributed by atoms with Crippen LogP contribution < -0.4 is 5.32 Å². The molecule has 1 fully saturated rings. The van der Waals surface area contributed by atoms with Crippen LogP contribution in [0.5, 0.6) is 0 Å². The number of carbonyl (C=O) groups excluding carboxylic acids is 1. The Bertz CT molecular complexity index is 384. The van der Waals surface area contributed by atoms with Gasteiger partial charge < -0.3 is 10.4 Å². The summed E-state index contributed by atoms with van der Waals surface area (Å²) in [4.78, 5) is 15.8. The number of pyridine rings is 1. The minimum atomic E-state index is -0.735. The molecule has 0 unspecified atom stereocenters. The number of hydrogen-bond acceptors (Lipinski definition) is 3. The second-order valence-corrected chi connectivity index (χ2v) is 5.04. The third-order valence-corrected chi connectivity index (χ3v) is 3.51. The Morgan fingerprint density at radius 3 is 2.61 bits per heavy atom. The summed E-state index contributed by atoms with van der Waals surface area (Å²) >= 11 is 0. The van der Waals surface area contributed by atoms with Crippen LogP contribution in [0, 0.1) is 0 Å². The van der Waals surface area contributed by atoms with E-state index in [2.05, 4.69) is 10.3 Å². The summed E-state index contributed by atoms with van der Waals surface area (Å²) in [6, 6.07) is 5.23. The average molecular weight is 248 g/mol. The van der Waals surface area contributed by atoms with Crippen molar-refractivity contribution in [3.05, 3.63) is 30.1 Å². The molecule has 1 aliphatic rings. The van der Waals surface area contributed by atoms with Gasteiger partial charge in [-0.3, -0.25) is 9.78 Å². The molecule has 0 aromatic carbocycles. The fraction of sp³-hybridized carbons (Fsp3) is 0.571. The number of rotatable bonds is 3. The maximum Gasteiger partial charge on any atom is 0.269 e. The predicted molar refractivity (Wildman–Crippen MR) is 69.2 cm³/mol. The zero-order valence-corrected chi connectivity index (χ0v) is 10.6. The van der Waals surface area contributed by atoms with Gasteiger partial charge in [0.05, 0.1) is 5.60 Å². The van der Waals surface area contributed by atoms with Crippen LogP contribution in [0.15, 0.2) is 24.4 Å². The molecule has 4 nitrogen and oxygen atoms in total. The van der Waals surface area contributed by atoms with Gasteiger partial charge in [0.15, 0.2) is 0 Å². The lowest BCUT2D eigenvalue weighted by Crippen LogP contribution is -2.42. The van der Waals surface area contributed by atoms with Gasteiger partial charge in [-0.15, -0.1) is 0 Å². The fourth-order valence-corrected chi connectivity index (χ4v) is 2.40. The molecule has 0 aliphatic heterocycles. The van der Waals surface area contributed by atoms with E-state index in [0.29, 0.717) is 12.2 Å². The first-order chi connectivity index (χ1) is 8.70. The van der Waals surface area contributed by atoms with Gasteiger partial charge in [-0.1, -0.05) is 31.7 Å². The van der Waals surface area contributed by atoms with E-state index in [0.717, 1.165) is 25.7 Å². The van der Waals surface area contributed by atoms with Crippen LogP contribution in [0.1, 0.15) is 49.0 Å². The first-order valence-electron chi connectivity index (χ1n) is 6.61. The molecule has 1 aromatic rings. The Morgan fingerprint density at radius 1 is 1.28 bits per heavy atom. The lowest BCUT2D eigenvalue weighted by molar-refractivity contribution is 0.0246. The van der Waals surface area contributed by atoms with Crippen molar-refractivity contribution in [3.63, 3.8) is 0 Å². The topological polar surface area (TPSA) is 62.2 Å². The third kappa shape index (κ3) is 3.53. The Labute approximate surface area is 107 Å². The number of nitrogens with zero attached hydrogens (tertiary/aromatic N) is 1. The zero-order chi connectivity index (χ0) is 12.8. The van der Waals surface area contributed by atoms with E-state index >= 15 is 0 Å². The molecule has 98 valence electrons. The van der Waals surface area contributed by atoms with E-state index in [4.69, 9.17) is 0 Å². The quantitative estimate of drug-likeness (QED) is 0.803. The van der Waals surface area contributed by atoms with E-state index < -0.39 is 5.60 Å². The standard InChI is InChI=1S/C14H20N2O2/c17-13(12-7-3-6-10-15-12)16-11-14(18)8-4-1-2-5-9-14/h3,6-7,10,18H,1-2,4-5,8-9,11H2,(H,16,17). The highest BCUT2D eigenvalue weighted by Gasteiger charge is 2.28. The Kier molecular flexibility index (Phi) is 4.31. The number of nitrogens with one attached hydrogen (secondary N) is 1. The maximum absolute atomic E-state index is 11.8. The summed E-state index contributed by atoms with van der Waals surface area (Å²) < 4.78 is 0. The number of carbonyl (C=O) groups is 1. The molecule has 0 atom stereocenters. The van der Waals surface area contributed by atoms with Gasteiger partial charge in [-0.2, -0.15) is 0 Å². The van der Waals surface area contributed by atoms with Crippen LogP contribution in [0.3, 0.4) is 0 Å². The third-order valence-electron chi connectivity index (χ3n) is 3.51. The molecule has 18 heavy (non-hydrogen) atoms.